The summed E-state index contributed by atoms with van der Waals surface area (Å²) in [6, 6.07) is 9.82. The highest BCUT2D eigenvalue weighted by atomic mass is 32.1. The molecular formula is C18H14F3N3O2S. The molecular weight excluding hydrogens is 379 g/mol. The third-order valence-corrected chi connectivity index (χ3v) is 4.19. The summed E-state index contributed by atoms with van der Waals surface area (Å²) < 4.78 is 40.8. The van der Waals surface area contributed by atoms with Crippen LogP contribution >= 0.6 is 11.3 Å². The number of carbonyl (C=O) groups excluding carboxylic acids is 1. The van der Waals surface area contributed by atoms with E-state index in [9.17, 15) is 18.0 Å². The molecule has 0 aliphatic rings. The largest absolute Gasteiger partial charge is 0.411 e. The molecule has 3 aromatic rings. The van der Waals surface area contributed by atoms with Gasteiger partial charge in [0.2, 0.25) is 0 Å². The number of amides is 1. The van der Waals surface area contributed by atoms with E-state index in [1.54, 1.807) is 30.6 Å². The lowest BCUT2D eigenvalue weighted by Crippen LogP contribution is -2.16. The molecule has 1 aromatic carbocycles. The van der Waals surface area contributed by atoms with E-state index in [4.69, 9.17) is 0 Å². The zero-order valence-corrected chi connectivity index (χ0v) is 14.7. The van der Waals surface area contributed by atoms with Crippen molar-refractivity contribution in [2.24, 2.45) is 0 Å². The van der Waals surface area contributed by atoms with Gasteiger partial charge in [-0.3, -0.25) is 15.1 Å². The Morgan fingerprint density at radius 2 is 1.96 bits per heavy atom. The molecule has 0 saturated carbocycles. The summed E-state index contributed by atoms with van der Waals surface area (Å²) in [7, 11) is 0. The monoisotopic (exact) mass is 393 g/mol. The Morgan fingerprint density at radius 3 is 2.63 bits per heavy atom. The number of carbonyl (C=O) groups is 1. The Bertz CT molecular complexity index is 896. The van der Waals surface area contributed by atoms with E-state index in [1.165, 1.54) is 23.5 Å². The predicted molar refractivity (Wildman–Crippen MR) is 95.5 cm³/mol. The van der Waals surface area contributed by atoms with Crippen LogP contribution in [-0.2, 0) is 11.3 Å². The van der Waals surface area contributed by atoms with Crippen LogP contribution in [0, 0.1) is 0 Å². The van der Waals surface area contributed by atoms with Crippen LogP contribution in [0.4, 0.5) is 18.3 Å². The standard InChI is InChI=1S/C18H14F3N3O2S/c19-18(20,21)11-26-9-12-3-5-13(6-4-12)16(25)24-17-23-15(10-27-17)14-2-1-7-22-8-14/h1-8,10H,9,11H2,(H,23,24,25). The summed E-state index contributed by atoms with van der Waals surface area (Å²) >= 11 is 1.29. The fourth-order valence-electron chi connectivity index (χ4n) is 2.18. The van der Waals surface area contributed by atoms with Crippen molar-refractivity contribution >= 4 is 22.4 Å². The summed E-state index contributed by atoms with van der Waals surface area (Å²) in [4.78, 5) is 20.7. The normalized spacial score (nSPS) is 11.4. The Labute approximate surface area is 156 Å². The fraction of sp³-hybridized carbons (Fsp3) is 0.167. The summed E-state index contributed by atoms with van der Waals surface area (Å²) in [5.74, 6) is -0.357. The summed E-state index contributed by atoms with van der Waals surface area (Å²) in [6.07, 6.45) is -1.02. The van der Waals surface area contributed by atoms with Crippen LogP contribution in [0.25, 0.3) is 11.3 Å². The number of pyridine rings is 1. The third-order valence-electron chi connectivity index (χ3n) is 3.43. The van der Waals surface area contributed by atoms with Crippen LogP contribution in [0.2, 0.25) is 0 Å². The molecule has 27 heavy (non-hydrogen) atoms. The highest BCUT2D eigenvalue weighted by Crippen LogP contribution is 2.24. The van der Waals surface area contributed by atoms with E-state index in [0.717, 1.165) is 5.56 Å². The van der Waals surface area contributed by atoms with Crippen molar-refractivity contribution in [2.75, 3.05) is 11.9 Å². The van der Waals surface area contributed by atoms with Gasteiger partial charge in [0.1, 0.15) is 6.61 Å². The average molecular weight is 393 g/mol. The molecule has 9 heteroatoms. The second kappa shape index (κ2) is 8.28. The maximum atomic E-state index is 12.3. The second-order valence-electron chi connectivity index (χ2n) is 5.54. The molecule has 1 amide bonds. The highest BCUT2D eigenvalue weighted by molar-refractivity contribution is 7.14. The summed E-state index contributed by atoms with van der Waals surface area (Å²) in [5.41, 5.74) is 2.47. The van der Waals surface area contributed by atoms with Gasteiger partial charge in [-0.2, -0.15) is 13.2 Å². The predicted octanol–water partition coefficient (Wildman–Crippen LogP) is 4.54. The first-order valence-corrected chi connectivity index (χ1v) is 8.69. The Hall–Kier alpha value is -2.78. The molecule has 140 valence electrons. The molecule has 0 saturated heterocycles. The minimum absolute atomic E-state index is 0.178. The van der Waals surface area contributed by atoms with Crippen molar-refractivity contribution in [1.82, 2.24) is 9.97 Å². The number of thiazole rings is 1. The van der Waals surface area contributed by atoms with E-state index in [0.29, 0.717) is 22.0 Å². The highest BCUT2D eigenvalue weighted by Gasteiger charge is 2.27. The molecule has 0 atom stereocenters. The summed E-state index contributed by atoms with van der Waals surface area (Å²) in [6.45, 7) is -1.49. The number of alkyl halides is 3. The zero-order valence-electron chi connectivity index (χ0n) is 13.9. The number of nitrogens with one attached hydrogen (secondary N) is 1. The number of anilines is 1. The lowest BCUT2D eigenvalue weighted by molar-refractivity contribution is -0.176. The van der Waals surface area contributed by atoms with Gasteiger partial charge in [0.05, 0.1) is 12.3 Å². The van der Waals surface area contributed by atoms with Gasteiger partial charge in [-0.15, -0.1) is 11.3 Å². The van der Waals surface area contributed by atoms with Gasteiger partial charge in [0, 0.05) is 28.9 Å². The number of benzene rings is 1. The van der Waals surface area contributed by atoms with Gasteiger partial charge in [0.15, 0.2) is 5.13 Å². The van der Waals surface area contributed by atoms with Gasteiger partial charge in [-0.05, 0) is 29.8 Å². The van der Waals surface area contributed by atoms with Crippen LogP contribution in [0.3, 0.4) is 0 Å². The average Bonchev–Trinajstić information content (AvgIpc) is 3.10. The van der Waals surface area contributed by atoms with Crippen molar-refractivity contribution in [3.8, 4) is 11.3 Å². The van der Waals surface area contributed by atoms with Crippen molar-refractivity contribution in [1.29, 1.82) is 0 Å². The number of ether oxygens (including phenoxy) is 1. The molecule has 2 aromatic heterocycles. The molecule has 1 N–H and O–H groups in total. The van der Waals surface area contributed by atoms with Gasteiger partial charge in [-0.25, -0.2) is 4.98 Å². The van der Waals surface area contributed by atoms with E-state index >= 15 is 0 Å². The van der Waals surface area contributed by atoms with E-state index in [2.05, 4.69) is 20.0 Å². The lowest BCUT2D eigenvalue weighted by atomic mass is 10.1. The summed E-state index contributed by atoms with van der Waals surface area (Å²) in [5, 5.41) is 4.95. The first-order chi connectivity index (χ1) is 12.9. The number of nitrogens with zero attached hydrogens (tertiary/aromatic N) is 2. The number of aromatic nitrogens is 2. The molecule has 0 radical (unpaired) electrons. The molecule has 0 aliphatic carbocycles. The lowest BCUT2D eigenvalue weighted by Gasteiger charge is -2.08. The Kier molecular flexibility index (Phi) is 5.82. The minimum Gasteiger partial charge on any atom is -0.367 e. The topological polar surface area (TPSA) is 64.1 Å². The van der Waals surface area contributed by atoms with Crippen molar-refractivity contribution in [2.45, 2.75) is 12.8 Å². The Balaban J connectivity index is 1.58. The number of hydrogen-bond acceptors (Lipinski definition) is 5. The Morgan fingerprint density at radius 1 is 1.19 bits per heavy atom. The third kappa shape index (κ3) is 5.60. The molecule has 2 heterocycles. The van der Waals surface area contributed by atoms with Crippen LogP contribution in [0.5, 0.6) is 0 Å². The minimum atomic E-state index is -4.36. The van der Waals surface area contributed by atoms with Crippen LogP contribution in [-0.4, -0.2) is 28.7 Å². The first-order valence-electron chi connectivity index (χ1n) is 7.81. The quantitative estimate of drug-likeness (QED) is 0.668. The van der Waals surface area contributed by atoms with Gasteiger partial charge < -0.3 is 4.74 Å². The number of hydrogen-bond donors (Lipinski definition) is 1. The second-order valence-corrected chi connectivity index (χ2v) is 6.40. The molecule has 3 rings (SSSR count). The van der Waals surface area contributed by atoms with E-state index < -0.39 is 12.8 Å². The molecule has 0 fully saturated rings. The molecule has 0 bridgehead atoms. The van der Waals surface area contributed by atoms with Gasteiger partial charge >= 0.3 is 6.18 Å². The SMILES string of the molecule is O=C(Nc1nc(-c2cccnc2)cs1)c1ccc(COCC(F)(F)F)cc1. The number of rotatable bonds is 6. The van der Waals surface area contributed by atoms with Crippen molar-refractivity contribution < 1.29 is 22.7 Å². The molecule has 0 unspecified atom stereocenters. The molecule has 0 aliphatic heterocycles. The van der Waals surface area contributed by atoms with Gasteiger partial charge in [-0.1, -0.05) is 12.1 Å². The maximum absolute atomic E-state index is 12.3. The fourth-order valence-corrected chi connectivity index (χ4v) is 2.90. The number of halogens is 3. The molecule has 0 spiro atoms. The molecule has 5 nitrogen and oxygen atoms in total. The van der Waals surface area contributed by atoms with E-state index in [-0.39, 0.29) is 12.5 Å². The smallest absolute Gasteiger partial charge is 0.367 e. The maximum Gasteiger partial charge on any atom is 0.411 e. The van der Waals surface area contributed by atoms with Crippen molar-refractivity contribution in [3.05, 3.63) is 65.3 Å². The van der Waals surface area contributed by atoms with Crippen molar-refractivity contribution in [3.63, 3.8) is 0 Å². The first kappa shape index (κ1) is 19.0. The van der Waals surface area contributed by atoms with Crippen LogP contribution in [0.15, 0.2) is 54.2 Å². The van der Waals surface area contributed by atoms with E-state index in [1.807, 2.05) is 11.4 Å². The van der Waals surface area contributed by atoms with Crippen LogP contribution < -0.4 is 5.32 Å². The zero-order chi connectivity index (χ0) is 19.3. The van der Waals surface area contributed by atoms with Gasteiger partial charge in [0.25, 0.3) is 5.91 Å². The van der Waals surface area contributed by atoms with Crippen LogP contribution in [0.1, 0.15) is 15.9 Å².